The maximum atomic E-state index is 12.2. The quantitative estimate of drug-likeness (QED) is 0.434. The fourth-order valence-corrected chi connectivity index (χ4v) is 2.87. The van der Waals surface area contributed by atoms with Crippen molar-refractivity contribution in [1.29, 1.82) is 0 Å². The fourth-order valence-electron chi connectivity index (χ4n) is 1.86. The van der Waals surface area contributed by atoms with Crippen molar-refractivity contribution in [3.63, 3.8) is 0 Å². The van der Waals surface area contributed by atoms with E-state index in [0.717, 1.165) is 18.3 Å². The molecule has 0 saturated heterocycles. The summed E-state index contributed by atoms with van der Waals surface area (Å²) in [6.07, 6.45) is 1.01. The minimum absolute atomic E-state index is 0.425. The lowest BCUT2D eigenvalue weighted by Gasteiger charge is -2.01. The monoisotopic (exact) mass is 365 g/mol. The van der Waals surface area contributed by atoms with Gasteiger partial charge in [0, 0.05) is 12.3 Å². The summed E-state index contributed by atoms with van der Waals surface area (Å²) in [5, 5.41) is 21.7. The van der Waals surface area contributed by atoms with E-state index in [9.17, 15) is 28.6 Å². The summed E-state index contributed by atoms with van der Waals surface area (Å²) in [6.45, 7) is 0. The average Bonchev–Trinajstić information content (AvgIpc) is 2.59. The van der Waals surface area contributed by atoms with Gasteiger partial charge >= 0.3 is 0 Å². The summed E-state index contributed by atoms with van der Waals surface area (Å²) in [7, 11) is -2.94. The topological polar surface area (TPSA) is 142 Å². The summed E-state index contributed by atoms with van der Waals surface area (Å²) < 4.78 is 32.8. The Morgan fingerprint density at radius 3 is 2.20 bits per heavy atom. The van der Waals surface area contributed by atoms with Crippen molar-refractivity contribution in [3.8, 4) is 5.75 Å². The van der Waals surface area contributed by atoms with Gasteiger partial charge in [-0.25, -0.2) is 0 Å². The van der Waals surface area contributed by atoms with E-state index < -0.39 is 36.1 Å². The number of non-ortho nitro benzene ring substituents is 1. The average molecular weight is 365 g/mol. The minimum Gasteiger partial charge on any atom is -0.497 e. The van der Waals surface area contributed by atoms with Crippen LogP contribution >= 0.6 is 0 Å². The third-order valence-electron chi connectivity index (χ3n) is 3.08. The Bertz CT molecular complexity index is 953. The van der Waals surface area contributed by atoms with Crippen LogP contribution in [0.1, 0.15) is 5.56 Å². The molecule has 0 spiro atoms. The van der Waals surface area contributed by atoms with Crippen molar-refractivity contribution in [3.05, 3.63) is 68.3 Å². The van der Waals surface area contributed by atoms with Crippen molar-refractivity contribution >= 4 is 27.6 Å². The first-order valence-corrected chi connectivity index (χ1v) is 8.06. The van der Waals surface area contributed by atoms with Crippen molar-refractivity contribution in [2.24, 2.45) is 4.40 Å². The van der Waals surface area contributed by atoms with Gasteiger partial charge in [0.05, 0.1) is 23.0 Å². The van der Waals surface area contributed by atoms with Crippen molar-refractivity contribution in [2.45, 2.75) is 4.90 Å². The third-order valence-corrected chi connectivity index (χ3v) is 4.37. The summed E-state index contributed by atoms with van der Waals surface area (Å²) in [5.74, 6) is 0.561. The Morgan fingerprint density at radius 2 is 1.68 bits per heavy atom. The van der Waals surface area contributed by atoms with Crippen LogP contribution < -0.4 is 4.74 Å². The first-order valence-electron chi connectivity index (χ1n) is 6.62. The molecule has 0 aromatic heterocycles. The van der Waals surface area contributed by atoms with E-state index >= 15 is 0 Å². The Kier molecular flexibility index (Phi) is 5.08. The van der Waals surface area contributed by atoms with Crippen LogP contribution in [0, 0.1) is 20.2 Å². The van der Waals surface area contributed by atoms with Gasteiger partial charge in [0.25, 0.3) is 21.4 Å². The van der Waals surface area contributed by atoms with Crippen molar-refractivity contribution in [1.82, 2.24) is 0 Å². The zero-order valence-electron chi connectivity index (χ0n) is 12.7. The molecule has 2 aromatic rings. The lowest BCUT2D eigenvalue weighted by Crippen LogP contribution is -2.04. The zero-order valence-corrected chi connectivity index (χ0v) is 13.5. The van der Waals surface area contributed by atoms with Crippen LogP contribution in [0.25, 0.3) is 0 Å². The van der Waals surface area contributed by atoms with Gasteiger partial charge < -0.3 is 4.74 Å². The van der Waals surface area contributed by atoms with Crippen LogP contribution in [0.3, 0.4) is 0 Å². The van der Waals surface area contributed by atoms with Gasteiger partial charge in [-0.2, -0.15) is 12.8 Å². The lowest BCUT2D eigenvalue weighted by molar-refractivity contribution is -0.396. The van der Waals surface area contributed by atoms with E-state index in [1.54, 1.807) is 24.3 Å². The molecule has 2 aromatic carbocycles. The molecular weight excluding hydrogens is 354 g/mol. The second-order valence-electron chi connectivity index (χ2n) is 4.65. The molecule has 0 radical (unpaired) electrons. The molecule has 0 amide bonds. The summed E-state index contributed by atoms with van der Waals surface area (Å²) in [4.78, 5) is 19.1. The van der Waals surface area contributed by atoms with Crippen LogP contribution in [0.5, 0.6) is 5.75 Å². The Hall–Kier alpha value is -3.34. The molecule has 0 N–H and O–H groups in total. The van der Waals surface area contributed by atoms with Gasteiger partial charge in [-0.15, -0.1) is 0 Å². The van der Waals surface area contributed by atoms with E-state index in [0.29, 0.717) is 17.4 Å². The molecule has 0 heterocycles. The summed E-state index contributed by atoms with van der Waals surface area (Å²) >= 11 is 0. The molecule has 0 saturated carbocycles. The molecule has 25 heavy (non-hydrogen) atoms. The Balaban J connectivity index is 2.42. The highest BCUT2D eigenvalue weighted by atomic mass is 32.2. The van der Waals surface area contributed by atoms with Crippen LogP contribution in [-0.4, -0.2) is 31.6 Å². The number of benzene rings is 2. The number of sulfonamides is 1. The maximum Gasteiger partial charge on any atom is 0.296 e. The van der Waals surface area contributed by atoms with Gasteiger partial charge in [-0.1, -0.05) is 0 Å². The highest BCUT2D eigenvalue weighted by Gasteiger charge is 2.27. The number of ether oxygens (including phenoxy) is 1. The van der Waals surface area contributed by atoms with Gasteiger partial charge in [-0.3, -0.25) is 20.2 Å². The lowest BCUT2D eigenvalue weighted by atomic mass is 10.2. The molecule has 0 aliphatic rings. The number of hydrogen-bond donors (Lipinski definition) is 0. The minimum atomic E-state index is -4.42. The van der Waals surface area contributed by atoms with E-state index in [2.05, 4.69) is 4.40 Å². The predicted molar refractivity (Wildman–Crippen MR) is 87.5 cm³/mol. The predicted octanol–water partition coefficient (Wildman–Crippen LogP) is 2.32. The second-order valence-corrected chi connectivity index (χ2v) is 6.25. The van der Waals surface area contributed by atoms with E-state index in [4.69, 9.17) is 4.74 Å². The van der Waals surface area contributed by atoms with Gasteiger partial charge in [-0.05, 0) is 35.9 Å². The molecule has 2 rings (SSSR count). The molecule has 0 aliphatic heterocycles. The molecule has 0 aliphatic carbocycles. The molecular formula is C14H11N3O7S. The van der Waals surface area contributed by atoms with Gasteiger partial charge in [0.1, 0.15) is 5.75 Å². The molecule has 0 unspecified atom stereocenters. The van der Waals surface area contributed by atoms with Crippen LogP contribution in [0.15, 0.2) is 51.8 Å². The summed E-state index contributed by atoms with van der Waals surface area (Å²) in [5.41, 5.74) is -1.08. The first-order chi connectivity index (χ1) is 11.7. The van der Waals surface area contributed by atoms with Gasteiger partial charge in [0.15, 0.2) is 4.90 Å². The van der Waals surface area contributed by atoms with E-state index in [1.165, 1.54) is 7.11 Å². The number of methoxy groups -OCH3 is 1. The molecule has 0 atom stereocenters. The van der Waals surface area contributed by atoms with E-state index in [1.807, 2.05) is 0 Å². The largest absolute Gasteiger partial charge is 0.497 e. The fraction of sp³-hybridized carbons (Fsp3) is 0.0714. The number of hydrogen-bond acceptors (Lipinski definition) is 7. The second kappa shape index (κ2) is 7.05. The number of rotatable bonds is 6. The highest BCUT2D eigenvalue weighted by molar-refractivity contribution is 7.90. The molecule has 0 bridgehead atoms. The Labute approximate surface area is 141 Å². The third kappa shape index (κ3) is 4.14. The molecule has 11 heteroatoms. The normalized spacial score (nSPS) is 11.4. The number of nitro benzene ring substituents is 2. The first kappa shape index (κ1) is 18.0. The summed E-state index contributed by atoms with van der Waals surface area (Å²) in [6, 6.07) is 8.49. The van der Waals surface area contributed by atoms with Gasteiger partial charge in [0.2, 0.25) is 0 Å². The SMILES string of the molecule is COc1ccc(/C=N/S(=O)(=O)c2ccc([N+](=O)[O-])cc2[N+](=O)[O-])cc1. The number of nitrogens with zero attached hydrogens (tertiary/aromatic N) is 3. The zero-order chi connectivity index (χ0) is 18.6. The van der Waals surface area contributed by atoms with Crippen LogP contribution in [0.4, 0.5) is 11.4 Å². The maximum absolute atomic E-state index is 12.2. The van der Waals surface area contributed by atoms with Crippen LogP contribution in [-0.2, 0) is 10.0 Å². The molecule has 10 nitrogen and oxygen atoms in total. The molecule has 0 fully saturated rings. The van der Waals surface area contributed by atoms with E-state index in [-0.39, 0.29) is 0 Å². The van der Waals surface area contributed by atoms with Crippen molar-refractivity contribution < 1.29 is 23.0 Å². The Morgan fingerprint density at radius 1 is 1.04 bits per heavy atom. The highest BCUT2D eigenvalue weighted by Crippen LogP contribution is 2.29. The smallest absolute Gasteiger partial charge is 0.296 e. The number of nitro groups is 2. The molecule has 130 valence electrons. The van der Waals surface area contributed by atoms with Crippen molar-refractivity contribution in [2.75, 3.05) is 7.11 Å². The standard InChI is InChI=1S/C14H11N3O7S/c1-24-12-5-2-10(3-6-12)9-15-25(22,23)14-7-4-11(16(18)19)8-13(14)17(20)21/h2-9H,1H3/b15-9+. The van der Waals surface area contributed by atoms with Crippen LogP contribution in [0.2, 0.25) is 0 Å².